The number of carbonyl (C=O) groups excluding carboxylic acids is 1. The highest BCUT2D eigenvalue weighted by molar-refractivity contribution is 7.89. The second-order valence-corrected chi connectivity index (χ2v) is 11.2. The van der Waals surface area contributed by atoms with Crippen molar-refractivity contribution in [1.82, 2.24) is 24.4 Å². The number of hydrogen-bond donors (Lipinski definition) is 3. The number of alkyl halides is 2. The van der Waals surface area contributed by atoms with Crippen LogP contribution in [0.15, 0.2) is 35.5 Å². The monoisotopic (exact) mass is 504 g/mol. The maximum atomic E-state index is 13.1. The number of anilines is 1. The van der Waals surface area contributed by atoms with Crippen molar-refractivity contribution in [1.29, 1.82) is 0 Å². The molecule has 2 saturated carbocycles. The molecule has 12 heteroatoms. The van der Waals surface area contributed by atoms with Gasteiger partial charge in [-0.2, -0.15) is 0 Å². The van der Waals surface area contributed by atoms with E-state index in [1.807, 2.05) is 6.92 Å². The molecule has 2 heterocycles. The number of hydrogen-bond acceptors (Lipinski definition) is 6. The van der Waals surface area contributed by atoms with Gasteiger partial charge in [0.2, 0.25) is 15.9 Å². The highest BCUT2D eigenvalue weighted by Crippen LogP contribution is 2.42. The van der Waals surface area contributed by atoms with Crippen molar-refractivity contribution in [2.75, 3.05) is 12.3 Å². The Morgan fingerprint density at radius 1 is 1.29 bits per heavy atom. The summed E-state index contributed by atoms with van der Waals surface area (Å²) in [5.74, 6) is -3.34. The van der Waals surface area contributed by atoms with E-state index in [-0.39, 0.29) is 53.7 Å². The number of rotatable bonds is 7. The van der Waals surface area contributed by atoms with Crippen LogP contribution >= 0.6 is 0 Å². The largest absolute Gasteiger partial charge is 0.381 e. The summed E-state index contributed by atoms with van der Waals surface area (Å²) in [6.07, 6.45) is 5.38. The van der Waals surface area contributed by atoms with Crippen LogP contribution in [0.2, 0.25) is 0 Å². The molecule has 0 radical (unpaired) electrons. The van der Waals surface area contributed by atoms with Gasteiger partial charge in [-0.15, -0.1) is 0 Å². The number of sulfonamides is 1. The van der Waals surface area contributed by atoms with Gasteiger partial charge in [-0.05, 0) is 49.8 Å². The zero-order valence-corrected chi connectivity index (χ0v) is 19.9. The highest BCUT2D eigenvalue weighted by Gasteiger charge is 2.45. The van der Waals surface area contributed by atoms with E-state index >= 15 is 0 Å². The third-order valence-electron chi connectivity index (χ3n) is 6.72. The fourth-order valence-electron chi connectivity index (χ4n) is 4.42. The van der Waals surface area contributed by atoms with Crippen LogP contribution in [0.25, 0.3) is 16.9 Å². The Morgan fingerprint density at radius 2 is 2.03 bits per heavy atom. The van der Waals surface area contributed by atoms with Crippen molar-refractivity contribution >= 4 is 27.4 Å². The lowest BCUT2D eigenvalue weighted by molar-refractivity contribution is -0.108. The Kier molecular flexibility index (Phi) is 5.75. The number of carbonyl (C=O) groups is 1. The molecule has 1 amide bonds. The zero-order chi connectivity index (χ0) is 25.0. The molecule has 2 fully saturated rings. The Morgan fingerprint density at radius 3 is 2.69 bits per heavy atom. The standard InChI is InChI=1S/C23H26F2N6O3S/c1-13-5-6-16(35(33,34)28-10-14-8-23(24,25)9-14)7-17(13)19-11-27-21-20(26)30-18(12-31(19)21)22(32)29-15-3-2-4-15/h5-7,11-12,14-15,28H,2-4,8-10H2,1H3,(H2,26,30)(H,29,32). The third kappa shape index (κ3) is 4.59. The second kappa shape index (κ2) is 8.52. The number of nitrogens with zero attached hydrogens (tertiary/aromatic N) is 3. The van der Waals surface area contributed by atoms with Crippen LogP contribution in [0.1, 0.15) is 48.2 Å². The van der Waals surface area contributed by atoms with Gasteiger partial charge in [0.05, 0.1) is 16.8 Å². The van der Waals surface area contributed by atoms with E-state index in [4.69, 9.17) is 5.73 Å². The summed E-state index contributed by atoms with van der Waals surface area (Å²) < 4.78 is 56.0. The predicted octanol–water partition coefficient (Wildman–Crippen LogP) is 2.89. The number of aryl methyl sites for hydroxylation is 1. The van der Waals surface area contributed by atoms with Gasteiger partial charge in [-0.3, -0.25) is 9.20 Å². The third-order valence-corrected chi connectivity index (χ3v) is 8.14. The number of halogens is 2. The summed E-state index contributed by atoms with van der Waals surface area (Å²) in [4.78, 5) is 21.2. The minimum atomic E-state index is -3.92. The first-order chi connectivity index (χ1) is 16.5. The van der Waals surface area contributed by atoms with Crippen LogP contribution in [-0.4, -0.2) is 47.2 Å². The van der Waals surface area contributed by atoms with Crippen LogP contribution in [0.4, 0.5) is 14.6 Å². The van der Waals surface area contributed by atoms with Crippen molar-refractivity contribution < 1.29 is 22.0 Å². The Labute approximate surface area is 201 Å². The summed E-state index contributed by atoms with van der Waals surface area (Å²) >= 11 is 0. The van der Waals surface area contributed by atoms with Gasteiger partial charge in [0.15, 0.2) is 11.5 Å². The SMILES string of the molecule is Cc1ccc(S(=O)(=O)NCC2CC(F)(F)C2)cc1-c1cnc2c(N)nc(C(=O)NC3CCC3)cn12. The molecule has 0 unspecified atom stereocenters. The first kappa shape index (κ1) is 23.6. The van der Waals surface area contributed by atoms with E-state index in [0.717, 1.165) is 24.8 Å². The topological polar surface area (TPSA) is 131 Å². The number of fused-ring (bicyclic) bond motifs is 1. The summed E-state index contributed by atoms with van der Waals surface area (Å²) in [5.41, 5.74) is 8.45. The van der Waals surface area contributed by atoms with Crippen LogP contribution < -0.4 is 15.8 Å². The van der Waals surface area contributed by atoms with Crippen molar-refractivity contribution in [3.05, 3.63) is 41.9 Å². The van der Waals surface area contributed by atoms with Crippen molar-refractivity contribution in [3.63, 3.8) is 0 Å². The molecule has 35 heavy (non-hydrogen) atoms. The zero-order valence-electron chi connectivity index (χ0n) is 19.1. The molecule has 0 saturated heterocycles. The number of imidazole rings is 1. The Balaban J connectivity index is 1.45. The van der Waals surface area contributed by atoms with Crippen LogP contribution in [0, 0.1) is 12.8 Å². The minimum Gasteiger partial charge on any atom is -0.381 e. The van der Waals surface area contributed by atoms with E-state index in [2.05, 4.69) is 20.0 Å². The number of amides is 1. The smallest absolute Gasteiger partial charge is 0.271 e. The van der Waals surface area contributed by atoms with Gasteiger partial charge in [0, 0.05) is 37.2 Å². The van der Waals surface area contributed by atoms with Gasteiger partial charge >= 0.3 is 0 Å². The lowest BCUT2D eigenvalue weighted by Crippen LogP contribution is -2.42. The molecule has 0 spiro atoms. The normalized spacial score (nSPS) is 18.3. The van der Waals surface area contributed by atoms with Crippen molar-refractivity contribution in [3.8, 4) is 11.3 Å². The molecule has 3 aromatic rings. The molecular formula is C23H26F2N6O3S. The van der Waals surface area contributed by atoms with Crippen LogP contribution in [-0.2, 0) is 10.0 Å². The lowest BCUT2D eigenvalue weighted by Gasteiger charge is -2.34. The second-order valence-electron chi connectivity index (χ2n) is 9.41. The van der Waals surface area contributed by atoms with Crippen LogP contribution in [0.3, 0.4) is 0 Å². The van der Waals surface area contributed by atoms with Crippen molar-refractivity contribution in [2.45, 2.75) is 55.9 Å². The van der Waals surface area contributed by atoms with E-state index in [0.29, 0.717) is 16.9 Å². The van der Waals surface area contributed by atoms with Gasteiger partial charge in [-0.25, -0.2) is 31.9 Å². The van der Waals surface area contributed by atoms with Gasteiger partial charge in [-0.1, -0.05) is 6.07 Å². The first-order valence-corrected chi connectivity index (χ1v) is 12.9. The van der Waals surface area contributed by atoms with Gasteiger partial charge in [0.1, 0.15) is 5.69 Å². The highest BCUT2D eigenvalue weighted by atomic mass is 32.2. The summed E-state index contributed by atoms with van der Waals surface area (Å²) in [6, 6.07) is 4.76. The number of nitrogens with one attached hydrogen (secondary N) is 2. The Bertz CT molecular complexity index is 1410. The maximum Gasteiger partial charge on any atom is 0.271 e. The summed E-state index contributed by atoms with van der Waals surface area (Å²) in [6.45, 7) is 1.78. The number of benzene rings is 1. The summed E-state index contributed by atoms with van der Waals surface area (Å²) in [7, 11) is -3.92. The average Bonchev–Trinajstić information content (AvgIpc) is 3.17. The molecule has 2 aromatic heterocycles. The van der Waals surface area contributed by atoms with E-state index in [1.54, 1.807) is 16.7 Å². The predicted molar refractivity (Wildman–Crippen MR) is 126 cm³/mol. The fraction of sp³-hybridized carbons (Fsp3) is 0.435. The summed E-state index contributed by atoms with van der Waals surface area (Å²) in [5, 5.41) is 2.93. The maximum absolute atomic E-state index is 13.1. The molecule has 2 aliphatic carbocycles. The lowest BCUT2D eigenvalue weighted by atomic mass is 9.82. The molecule has 1 aromatic carbocycles. The fourth-order valence-corrected chi connectivity index (χ4v) is 5.56. The molecule has 0 bridgehead atoms. The molecule has 0 atom stereocenters. The van der Waals surface area contributed by atoms with E-state index in [9.17, 15) is 22.0 Å². The Hall–Kier alpha value is -3.12. The molecule has 4 N–H and O–H groups in total. The molecule has 0 aliphatic heterocycles. The van der Waals surface area contributed by atoms with Gasteiger partial charge in [0.25, 0.3) is 5.91 Å². The quantitative estimate of drug-likeness (QED) is 0.453. The molecule has 186 valence electrons. The number of aromatic nitrogens is 3. The van der Waals surface area contributed by atoms with E-state index < -0.39 is 15.9 Å². The molecule has 9 nitrogen and oxygen atoms in total. The van der Waals surface area contributed by atoms with Gasteiger partial charge < -0.3 is 11.1 Å². The molecular weight excluding hydrogens is 478 g/mol. The molecule has 2 aliphatic rings. The van der Waals surface area contributed by atoms with Crippen molar-refractivity contribution in [2.24, 2.45) is 5.92 Å². The minimum absolute atomic E-state index is 0.00381. The first-order valence-electron chi connectivity index (χ1n) is 11.5. The number of nitrogen functional groups attached to an aromatic ring is 1. The molecule has 5 rings (SSSR count). The van der Waals surface area contributed by atoms with E-state index in [1.165, 1.54) is 18.3 Å². The average molecular weight is 505 g/mol. The number of nitrogens with two attached hydrogens (primary N) is 1. The van der Waals surface area contributed by atoms with Crippen LogP contribution in [0.5, 0.6) is 0 Å².